The van der Waals surface area contributed by atoms with Crippen molar-refractivity contribution in [2.45, 2.75) is 27.3 Å². The molecule has 0 saturated heterocycles. The van der Waals surface area contributed by atoms with Gasteiger partial charge in [0.15, 0.2) is 0 Å². The van der Waals surface area contributed by atoms with Crippen LogP contribution < -0.4 is 11.0 Å². The van der Waals surface area contributed by atoms with Crippen LogP contribution in [-0.2, 0) is 6.54 Å². The molecule has 0 spiro atoms. The molecule has 1 aromatic rings. The van der Waals surface area contributed by atoms with Crippen molar-refractivity contribution in [1.29, 1.82) is 0 Å². The van der Waals surface area contributed by atoms with Gasteiger partial charge < -0.3 is 5.32 Å². The summed E-state index contributed by atoms with van der Waals surface area (Å²) in [4.78, 5) is 15.6. The van der Waals surface area contributed by atoms with Crippen molar-refractivity contribution >= 4 is 0 Å². The maximum Gasteiger partial charge on any atom is 0.347 e. The molecule has 0 radical (unpaired) electrons. The zero-order valence-electron chi connectivity index (χ0n) is 9.87. The van der Waals surface area contributed by atoms with Crippen LogP contribution in [0.2, 0.25) is 0 Å². The van der Waals surface area contributed by atoms with E-state index in [1.807, 2.05) is 27.0 Å². The van der Waals surface area contributed by atoms with Crippen molar-refractivity contribution in [3.8, 4) is 0 Å². The highest BCUT2D eigenvalue weighted by molar-refractivity contribution is 5.06. The van der Waals surface area contributed by atoms with E-state index in [0.717, 1.165) is 24.5 Å². The molecular formula is C11H19N3O. The summed E-state index contributed by atoms with van der Waals surface area (Å²) in [6.45, 7) is 7.53. The van der Waals surface area contributed by atoms with E-state index >= 15 is 0 Å². The molecular weight excluding hydrogens is 190 g/mol. The van der Waals surface area contributed by atoms with Gasteiger partial charge in [0.05, 0.1) is 0 Å². The van der Waals surface area contributed by atoms with E-state index in [2.05, 4.69) is 17.2 Å². The van der Waals surface area contributed by atoms with E-state index in [1.54, 1.807) is 4.57 Å². The van der Waals surface area contributed by atoms with Gasteiger partial charge in [-0.3, -0.25) is 4.57 Å². The second kappa shape index (κ2) is 5.07. The molecule has 84 valence electrons. The summed E-state index contributed by atoms with van der Waals surface area (Å²) in [7, 11) is 1.92. The van der Waals surface area contributed by atoms with E-state index in [1.165, 1.54) is 0 Å². The van der Waals surface area contributed by atoms with E-state index in [9.17, 15) is 4.79 Å². The van der Waals surface area contributed by atoms with Gasteiger partial charge in [-0.1, -0.05) is 6.92 Å². The van der Waals surface area contributed by atoms with Crippen molar-refractivity contribution in [2.75, 3.05) is 13.6 Å². The Morgan fingerprint density at radius 1 is 1.53 bits per heavy atom. The molecule has 0 aromatic carbocycles. The summed E-state index contributed by atoms with van der Waals surface area (Å²) in [5, 5.41) is 3.10. The Hall–Kier alpha value is -1.16. The summed E-state index contributed by atoms with van der Waals surface area (Å²) < 4.78 is 1.73. The van der Waals surface area contributed by atoms with Crippen LogP contribution in [0.5, 0.6) is 0 Å². The molecule has 0 aliphatic carbocycles. The molecule has 1 heterocycles. The highest BCUT2D eigenvalue weighted by Crippen LogP contribution is 2.01. The van der Waals surface area contributed by atoms with Gasteiger partial charge >= 0.3 is 5.69 Å². The van der Waals surface area contributed by atoms with Crippen LogP contribution in [0.3, 0.4) is 0 Å². The maximum atomic E-state index is 11.6. The Bertz CT molecular complexity index is 384. The van der Waals surface area contributed by atoms with Crippen molar-refractivity contribution in [2.24, 2.45) is 5.92 Å². The van der Waals surface area contributed by atoms with Crippen LogP contribution in [-0.4, -0.2) is 23.1 Å². The second-order valence-corrected chi connectivity index (χ2v) is 4.09. The molecule has 0 bridgehead atoms. The van der Waals surface area contributed by atoms with Crippen LogP contribution >= 0.6 is 0 Å². The topological polar surface area (TPSA) is 46.9 Å². The first-order chi connectivity index (χ1) is 7.04. The first-order valence-electron chi connectivity index (χ1n) is 5.24. The van der Waals surface area contributed by atoms with Crippen LogP contribution in [0.15, 0.2) is 10.9 Å². The van der Waals surface area contributed by atoms with Gasteiger partial charge in [0, 0.05) is 17.9 Å². The van der Waals surface area contributed by atoms with Gasteiger partial charge in [-0.2, -0.15) is 4.98 Å². The Kier molecular flexibility index (Phi) is 4.03. The number of aromatic nitrogens is 2. The van der Waals surface area contributed by atoms with Crippen molar-refractivity contribution < 1.29 is 0 Å². The monoisotopic (exact) mass is 209 g/mol. The minimum Gasteiger partial charge on any atom is -0.319 e. The number of nitrogens with zero attached hydrogens (tertiary/aromatic N) is 2. The maximum absolute atomic E-state index is 11.6. The van der Waals surface area contributed by atoms with Crippen molar-refractivity contribution in [3.63, 3.8) is 0 Å². The third-order valence-electron chi connectivity index (χ3n) is 2.39. The molecule has 15 heavy (non-hydrogen) atoms. The lowest BCUT2D eigenvalue weighted by atomic mass is 10.2. The van der Waals surface area contributed by atoms with Gasteiger partial charge in [0.2, 0.25) is 0 Å². The summed E-state index contributed by atoms with van der Waals surface area (Å²) >= 11 is 0. The molecule has 1 N–H and O–H groups in total. The summed E-state index contributed by atoms with van der Waals surface area (Å²) in [6, 6.07) is 1.94. The predicted molar refractivity (Wildman–Crippen MR) is 61.1 cm³/mol. The fraction of sp³-hybridized carbons (Fsp3) is 0.636. The molecule has 1 atom stereocenters. The first-order valence-corrected chi connectivity index (χ1v) is 5.24. The number of hydrogen-bond acceptors (Lipinski definition) is 3. The largest absolute Gasteiger partial charge is 0.347 e. The molecule has 0 aliphatic rings. The van der Waals surface area contributed by atoms with Gasteiger partial charge in [0.25, 0.3) is 0 Å². The minimum absolute atomic E-state index is 0.143. The molecule has 1 rings (SSSR count). The first kappa shape index (κ1) is 11.9. The van der Waals surface area contributed by atoms with Crippen LogP contribution in [0, 0.1) is 19.8 Å². The van der Waals surface area contributed by atoms with Gasteiger partial charge in [-0.15, -0.1) is 0 Å². The van der Waals surface area contributed by atoms with E-state index in [0.29, 0.717) is 5.92 Å². The fourth-order valence-corrected chi connectivity index (χ4v) is 1.72. The van der Waals surface area contributed by atoms with E-state index in [4.69, 9.17) is 0 Å². The standard InChI is InChI=1S/C11H19N3O/c1-8(6-12-4)7-14-10(3)5-9(2)13-11(14)15/h5,8,12H,6-7H2,1-4H3. The normalized spacial score (nSPS) is 12.8. The Morgan fingerprint density at radius 3 is 2.73 bits per heavy atom. The lowest BCUT2D eigenvalue weighted by molar-refractivity contribution is 0.443. The van der Waals surface area contributed by atoms with E-state index in [-0.39, 0.29) is 5.69 Å². The molecule has 0 fully saturated rings. The average molecular weight is 209 g/mol. The Morgan fingerprint density at radius 2 is 2.20 bits per heavy atom. The highest BCUT2D eigenvalue weighted by Gasteiger charge is 2.07. The average Bonchev–Trinajstić information content (AvgIpc) is 2.11. The number of nitrogens with one attached hydrogen (secondary N) is 1. The van der Waals surface area contributed by atoms with Crippen LogP contribution in [0.1, 0.15) is 18.3 Å². The fourth-order valence-electron chi connectivity index (χ4n) is 1.72. The quantitative estimate of drug-likeness (QED) is 0.794. The molecule has 4 nitrogen and oxygen atoms in total. The summed E-state index contributed by atoms with van der Waals surface area (Å²) in [5.74, 6) is 0.427. The molecule has 1 unspecified atom stereocenters. The number of aryl methyl sites for hydroxylation is 2. The van der Waals surface area contributed by atoms with Crippen LogP contribution in [0.25, 0.3) is 0 Å². The predicted octanol–water partition coefficient (Wildman–Crippen LogP) is 0.716. The number of hydrogen-bond donors (Lipinski definition) is 1. The molecule has 0 aliphatic heterocycles. The van der Waals surface area contributed by atoms with Gasteiger partial charge in [0.1, 0.15) is 0 Å². The van der Waals surface area contributed by atoms with Gasteiger partial charge in [-0.05, 0) is 39.4 Å². The zero-order chi connectivity index (χ0) is 11.4. The second-order valence-electron chi connectivity index (χ2n) is 4.09. The molecule has 1 aromatic heterocycles. The lowest BCUT2D eigenvalue weighted by Crippen LogP contribution is -2.30. The summed E-state index contributed by atoms with van der Waals surface area (Å²) in [5.41, 5.74) is 1.63. The van der Waals surface area contributed by atoms with Gasteiger partial charge in [-0.25, -0.2) is 4.79 Å². The summed E-state index contributed by atoms with van der Waals surface area (Å²) in [6.07, 6.45) is 0. The number of rotatable bonds is 4. The Labute approximate surface area is 90.3 Å². The van der Waals surface area contributed by atoms with Crippen LogP contribution in [0.4, 0.5) is 0 Å². The van der Waals surface area contributed by atoms with Crippen molar-refractivity contribution in [1.82, 2.24) is 14.9 Å². The lowest BCUT2D eigenvalue weighted by Gasteiger charge is -2.14. The van der Waals surface area contributed by atoms with E-state index < -0.39 is 0 Å². The Balaban J connectivity index is 2.90. The zero-order valence-corrected chi connectivity index (χ0v) is 9.87. The third-order valence-corrected chi connectivity index (χ3v) is 2.39. The SMILES string of the molecule is CNCC(C)Cn1c(C)cc(C)nc1=O. The smallest absolute Gasteiger partial charge is 0.319 e. The highest BCUT2D eigenvalue weighted by atomic mass is 16.1. The molecule has 4 heteroatoms. The minimum atomic E-state index is -0.143. The molecule has 0 saturated carbocycles. The molecule has 0 amide bonds. The third kappa shape index (κ3) is 3.16. The van der Waals surface area contributed by atoms with Crippen molar-refractivity contribution in [3.05, 3.63) is 27.9 Å².